The van der Waals surface area contributed by atoms with E-state index in [9.17, 15) is 22.8 Å². The highest BCUT2D eigenvalue weighted by atomic mass is 19.4. The molecule has 2 aromatic rings. The number of carbonyl (C=O) groups is 2. The number of esters is 1. The molecule has 0 heterocycles. The lowest BCUT2D eigenvalue weighted by atomic mass is 10.1. The van der Waals surface area contributed by atoms with E-state index in [0.29, 0.717) is 5.75 Å². The standard InChI is InChI=1S/C20H18F3NO5/c21-20(22,23)29-16-8-5-15(6-9-16)24-18(25)11-28-19(26)12-27-17-7-4-13-2-1-3-14(13)10-17/h4-10H,1-3,11-12H2,(H,24,25). The third kappa shape index (κ3) is 6.41. The van der Waals surface area contributed by atoms with Crippen LogP contribution >= 0.6 is 0 Å². The third-order valence-corrected chi connectivity index (χ3v) is 4.16. The van der Waals surface area contributed by atoms with Crippen molar-refractivity contribution in [1.29, 1.82) is 0 Å². The number of benzene rings is 2. The molecular formula is C20H18F3NO5. The van der Waals surface area contributed by atoms with Gasteiger partial charge < -0.3 is 19.5 Å². The first-order valence-corrected chi connectivity index (χ1v) is 8.84. The molecule has 154 valence electrons. The molecule has 1 N–H and O–H groups in total. The van der Waals surface area contributed by atoms with Crippen LogP contribution in [0.2, 0.25) is 0 Å². The second-order valence-corrected chi connectivity index (χ2v) is 6.35. The van der Waals surface area contributed by atoms with E-state index in [-0.39, 0.29) is 12.3 Å². The lowest BCUT2D eigenvalue weighted by Gasteiger charge is -2.10. The quantitative estimate of drug-likeness (QED) is 0.707. The minimum Gasteiger partial charge on any atom is -0.482 e. The molecule has 0 aliphatic heterocycles. The summed E-state index contributed by atoms with van der Waals surface area (Å²) in [6.45, 7) is -0.886. The monoisotopic (exact) mass is 409 g/mol. The van der Waals surface area contributed by atoms with Gasteiger partial charge in [-0.25, -0.2) is 4.79 Å². The van der Waals surface area contributed by atoms with Crippen LogP contribution in [0.1, 0.15) is 17.5 Å². The van der Waals surface area contributed by atoms with Crippen molar-refractivity contribution in [2.45, 2.75) is 25.6 Å². The molecule has 2 aromatic carbocycles. The Morgan fingerprint density at radius 1 is 0.931 bits per heavy atom. The maximum absolute atomic E-state index is 12.1. The summed E-state index contributed by atoms with van der Waals surface area (Å²) in [4.78, 5) is 23.5. The number of nitrogens with one attached hydrogen (secondary N) is 1. The van der Waals surface area contributed by atoms with E-state index in [0.717, 1.165) is 31.4 Å². The van der Waals surface area contributed by atoms with Gasteiger partial charge in [-0.15, -0.1) is 13.2 Å². The lowest BCUT2D eigenvalue weighted by molar-refractivity contribution is -0.274. The van der Waals surface area contributed by atoms with E-state index >= 15 is 0 Å². The molecule has 0 radical (unpaired) electrons. The number of fused-ring (bicyclic) bond motifs is 1. The Balaban J connectivity index is 1.39. The Kier molecular flexibility index (Phi) is 6.26. The molecule has 3 rings (SSSR count). The van der Waals surface area contributed by atoms with E-state index in [1.807, 2.05) is 12.1 Å². The second kappa shape index (κ2) is 8.85. The van der Waals surface area contributed by atoms with Crippen molar-refractivity contribution in [2.75, 3.05) is 18.5 Å². The Morgan fingerprint density at radius 2 is 1.62 bits per heavy atom. The second-order valence-electron chi connectivity index (χ2n) is 6.35. The SMILES string of the molecule is O=C(COC(=O)COc1ccc2c(c1)CCC2)Nc1ccc(OC(F)(F)F)cc1. The average Bonchev–Trinajstić information content (AvgIpc) is 3.13. The van der Waals surface area contributed by atoms with E-state index in [1.54, 1.807) is 6.07 Å². The molecule has 0 spiro atoms. The van der Waals surface area contributed by atoms with Gasteiger partial charge in [0.15, 0.2) is 13.2 Å². The number of ether oxygens (including phenoxy) is 3. The first kappa shape index (κ1) is 20.5. The number of hydrogen-bond donors (Lipinski definition) is 1. The Labute approximate surface area is 164 Å². The highest BCUT2D eigenvalue weighted by Crippen LogP contribution is 2.26. The van der Waals surface area contributed by atoms with Gasteiger partial charge in [0.25, 0.3) is 5.91 Å². The maximum atomic E-state index is 12.1. The molecule has 29 heavy (non-hydrogen) atoms. The van der Waals surface area contributed by atoms with Crippen molar-refractivity contribution in [3.63, 3.8) is 0 Å². The summed E-state index contributed by atoms with van der Waals surface area (Å²) in [5.74, 6) is -1.20. The predicted molar refractivity (Wildman–Crippen MR) is 96.7 cm³/mol. The lowest BCUT2D eigenvalue weighted by Crippen LogP contribution is -2.23. The summed E-state index contributed by atoms with van der Waals surface area (Å²) < 4.78 is 50.3. The number of anilines is 1. The zero-order valence-electron chi connectivity index (χ0n) is 15.3. The van der Waals surface area contributed by atoms with Crippen molar-refractivity contribution >= 4 is 17.6 Å². The topological polar surface area (TPSA) is 73.9 Å². The van der Waals surface area contributed by atoms with Crippen LogP contribution in [0.15, 0.2) is 42.5 Å². The number of carbonyl (C=O) groups excluding carboxylic acids is 2. The van der Waals surface area contributed by atoms with Crippen molar-refractivity contribution < 1.29 is 37.0 Å². The average molecular weight is 409 g/mol. The molecule has 0 saturated heterocycles. The zero-order chi connectivity index (χ0) is 20.9. The summed E-state index contributed by atoms with van der Waals surface area (Å²) in [6.07, 6.45) is -1.65. The summed E-state index contributed by atoms with van der Waals surface area (Å²) in [5, 5.41) is 2.40. The van der Waals surface area contributed by atoms with E-state index < -0.39 is 30.6 Å². The minimum atomic E-state index is -4.79. The van der Waals surface area contributed by atoms with Crippen LogP contribution < -0.4 is 14.8 Å². The van der Waals surface area contributed by atoms with Gasteiger partial charge >= 0.3 is 12.3 Å². The number of amides is 1. The Morgan fingerprint density at radius 3 is 2.34 bits per heavy atom. The fourth-order valence-corrected chi connectivity index (χ4v) is 2.90. The van der Waals surface area contributed by atoms with Crippen molar-refractivity contribution in [3.05, 3.63) is 53.6 Å². The Bertz CT molecular complexity index is 881. The molecule has 6 nitrogen and oxygen atoms in total. The first-order chi connectivity index (χ1) is 13.8. The zero-order valence-corrected chi connectivity index (χ0v) is 15.3. The maximum Gasteiger partial charge on any atom is 0.573 e. The molecule has 0 unspecified atom stereocenters. The number of rotatable bonds is 7. The van der Waals surface area contributed by atoms with Crippen LogP contribution in [0.4, 0.5) is 18.9 Å². The Hall–Kier alpha value is -3.23. The van der Waals surface area contributed by atoms with E-state index in [2.05, 4.69) is 10.1 Å². The molecule has 9 heteroatoms. The fourth-order valence-electron chi connectivity index (χ4n) is 2.90. The van der Waals surface area contributed by atoms with Crippen LogP contribution in [-0.4, -0.2) is 31.5 Å². The smallest absolute Gasteiger partial charge is 0.482 e. The van der Waals surface area contributed by atoms with Crippen LogP contribution in [0.3, 0.4) is 0 Å². The third-order valence-electron chi connectivity index (χ3n) is 4.16. The van der Waals surface area contributed by atoms with Gasteiger partial charge in [0.2, 0.25) is 0 Å². The van der Waals surface area contributed by atoms with Gasteiger partial charge in [0, 0.05) is 5.69 Å². The number of alkyl halides is 3. The molecule has 1 amide bonds. The van der Waals surface area contributed by atoms with Crippen LogP contribution in [0.5, 0.6) is 11.5 Å². The van der Waals surface area contributed by atoms with Crippen molar-refractivity contribution in [2.24, 2.45) is 0 Å². The van der Waals surface area contributed by atoms with Crippen LogP contribution in [0.25, 0.3) is 0 Å². The summed E-state index contributed by atoms with van der Waals surface area (Å²) in [5.41, 5.74) is 2.73. The molecule has 1 aliphatic carbocycles. The summed E-state index contributed by atoms with van der Waals surface area (Å²) in [7, 11) is 0. The van der Waals surface area contributed by atoms with Gasteiger partial charge in [-0.3, -0.25) is 4.79 Å². The minimum absolute atomic E-state index is 0.231. The fraction of sp³-hybridized carbons (Fsp3) is 0.300. The van der Waals surface area contributed by atoms with Crippen molar-refractivity contribution in [3.8, 4) is 11.5 Å². The normalized spacial score (nSPS) is 12.8. The molecular weight excluding hydrogens is 391 g/mol. The van der Waals surface area contributed by atoms with Crippen LogP contribution in [0, 0.1) is 0 Å². The molecule has 0 fully saturated rings. The van der Waals surface area contributed by atoms with Gasteiger partial charge in [0.05, 0.1) is 0 Å². The summed E-state index contributed by atoms with van der Waals surface area (Å²) in [6, 6.07) is 10.2. The van der Waals surface area contributed by atoms with Gasteiger partial charge in [-0.05, 0) is 66.8 Å². The first-order valence-electron chi connectivity index (χ1n) is 8.84. The number of aryl methyl sites for hydroxylation is 2. The number of hydrogen-bond acceptors (Lipinski definition) is 5. The molecule has 0 aromatic heterocycles. The van der Waals surface area contributed by atoms with Crippen molar-refractivity contribution in [1.82, 2.24) is 0 Å². The van der Waals surface area contributed by atoms with Gasteiger partial charge in [-0.1, -0.05) is 6.07 Å². The predicted octanol–water partition coefficient (Wildman–Crippen LogP) is 3.63. The van der Waals surface area contributed by atoms with E-state index in [4.69, 9.17) is 9.47 Å². The highest BCUT2D eigenvalue weighted by molar-refractivity contribution is 5.92. The van der Waals surface area contributed by atoms with Gasteiger partial charge in [-0.2, -0.15) is 0 Å². The molecule has 1 aliphatic rings. The molecule has 0 saturated carbocycles. The molecule has 0 atom stereocenters. The highest BCUT2D eigenvalue weighted by Gasteiger charge is 2.30. The number of halogens is 3. The summed E-state index contributed by atoms with van der Waals surface area (Å²) >= 11 is 0. The largest absolute Gasteiger partial charge is 0.573 e. The van der Waals surface area contributed by atoms with Crippen LogP contribution in [-0.2, 0) is 27.2 Å². The molecule has 0 bridgehead atoms. The van der Waals surface area contributed by atoms with Gasteiger partial charge in [0.1, 0.15) is 11.5 Å². The van der Waals surface area contributed by atoms with E-state index in [1.165, 1.54) is 23.3 Å².